The van der Waals surface area contributed by atoms with Crippen LogP contribution in [0.2, 0.25) is 0 Å². The number of nitrogens with one attached hydrogen (secondary N) is 1. The van der Waals surface area contributed by atoms with Crippen molar-refractivity contribution in [3.8, 4) is 11.3 Å². The number of unbranched alkanes of at least 4 members (excludes halogenated alkanes) is 1. The summed E-state index contributed by atoms with van der Waals surface area (Å²) in [6.07, 6.45) is 3.19. The molecule has 0 saturated carbocycles. The van der Waals surface area contributed by atoms with Gasteiger partial charge in [0.25, 0.3) is 0 Å². The lowest BCUT2D eigenvalue weighted by molar-refractivity contribution is 0.0602. The Hall–Kier alpha value is -2.03. The minimum atomic E-state index is -0.294. The highest BCUT2D eigenvalue weighted by molar-refractivity contribution is 5.96. The van der Waals surface area contributed by atoms with Gasteiger partial charge in [-0.2, -0.15) is 0 Å². The fraction of sp³-hybridized carbons (Fsp3) is 0.312. The summed E-state index contributed by atoms with van der Waals surface area (Å²) in [5, 5.41) is 0. The van der Waals surface area contributed by atoms with Gasteiger partial charge in [0.15, 0.2) is 0 Å². The Morgan fingerprint density at radius 3 is 2.63 bits per heavy atom. The highest BCUT2D eigenvalue weighted by atomic mass is 16.5. The summed E-state index contributed by atoms with van der Waals surface area (Å²) in [5.74, 6) is -0.294. The van der Waals surface area contributed by atoms with E-state index in [1.165, 1.54) is 7.11 Å². The van der Waals surface area contributed by atoms with E-state index in [1.54, 1.807) is 0 Å². The van der Waals surface area contributed by atoms with E-state index < -0.39 is 0 Å². The van der Waals surface area contributed by atoms with E-state index in [9.17, 15) is 4.79 Å². The lowest BCUT2D eigenvalue weighted by atomic mass is 10.1. The number of aromatic nitrogens is 1. The van der Waals surface area contributed by atoms with Crippen molar-refractivity contribution in [3.05, 3.63) is 47.7 Å². The number of hydrogen-bond acceptors (Lipinski definition) is 2. The van der Waals surface area contributed by atoms with Crippen LogP contribution in [-0.4, -0.2) is 18.1 Å². The maximum atomic E-state index is 11.9. The number of rotatable bonds is 5. The van der Waals surface area contributed by atoms with E-state index in [1.807, 2.05) is 36.4 Å². The molecule has 0 aliphatic carbocycles. The maximum absolute atomic E-state index is 11.9. The van der Waals surface area contributed by atoms with Gasteiger partial charge in [0.1, 0.15) is 0 Å². The van der Waals surface area contributed by atoms with Crippen molar-refractivity contribution < 1.29 is 9.53 Å². The van der Waals surface area contributed by atoms with Gasteiger partial charge in [-0.1, -0.05) is 43.7 Å². The summed E-state index contributed by atoms with van der Waals surface area (Å²) in [6.45, 7) is 2.16. The molecule has 3 nitrogen and oxygen atoms in total. The molecule has 0 aliphatic heterocycles. The summed E-state index contributed by atoms with van der Waals surface area (Å²) in [4.78, 5) is 15.2. The lowest BCUT2D eigenvalue weighted by Crippen LogP contribution is -2.01. The van der Waals surface area contributed by atoms with Gasteiger partial charge in [-0.3, -0.25) is 0 Å². The summed E-state index contributed by atoms with van der Waals surface area (Å²) >= 11 is 0. The van der Waals surface area contributed by atoms with Crippen LogP contribution in [0.3, 0.4) is 0 Å². The van der Waals surface area contributed by atoms with Gasteiger partial charge in [0.2, 0.25) is 0 Å². The van der Waals surface area contributed by atoms with E-state index in [4.69, 9.17) is 4.74 Å². The molecule has 2 aromatic rings. The Morgan fingerprint density at radius 1 is 1.26 bits per heavy atom. The van der Waals surface area contributed by atoms with Crippen LogP contribution in [0.1, 0.15) is 35.8 Å². The predicted molar refractivity (Wildman–Crippen MR) is 76.2 cm³/mol. The Bertz CT molecular complexity index is 543. The van der Waals surface area contributed by atoms with Crippen molar-refractivity contribution >= 4 is 5.97 Å². The van der Waals surface area contributed by atoms with Gasteiger partial charge in [0, 0.05) is 5.69 Å². The van der Waals surface area contributed by atoms with Crippen LogP contribution in [0.4, 0.5) is 0 Å². The van der Waals surface area contributed by atoms with Crippen LogP contribution in [-0.2, 0) is 11.2 Å². The van der Waals surface area contributed by atoms with Crippen LogP contribution in [0.25, 0.3) is 11.3 Å². The molecule has 3 heteroatoms. The van der Waals surface area contributed by atoms with E-state index in [0.29, 0.717) is 5.56 Å². The van der Waals surface area contributed by atoms with Crippen molar-refractivity contribution in [2.24, 2.45) is 0 Å². The molecule has 0 bridgehead atoms. The fourth-order valence-electron chi connectivity index (χ4n) is 2.12. The zero-order valence-electron chi connectivity index (χ0n) is 11.4. The summed E-state index contributed by atoms with van der Waals surface area (Å²) in [5.41, 5.74) is 3.55. The number of ether oxygens (including phenoxy) is 1. The largest absolute Gasteiger partial charge is 0.465 e. The second-order valence-corrected chi connectivity index (χ2v) is 4.54. The predicted octanol–water partition coefficient (Wildman–Crippen LogP) is 3.81. The molecule has 0 spiro atoms. The lowest BCUT2D eigenvalue weighted by Gasteiger charge is -2.02. The molecule has 1 N–H and O–H groups in total. The third-order valence-corrected chi connectivity index (χ3v) is 3.14. The molecular weight excluding hydrogens is 238 g/mol. The quantitative estimate of drug-likeness (QED) is 0.827. The van der Waals surface area contributed by atoms with Crippen LogP contribution >= 0.6 is 0 Å². The normalized spacial score (nSPS) is 10.4. The first-order chi connectivity index (χ1) is 9.26. The Balaban J connectivity index is 2.40. The highest BCUT2D eigenvalue weighted by Gasteiger charge is 2.16. The second-order valence-electron chi connectivity index (χ2n) is 4.54. The molecule has 0 atom stereocenters. The van der Waals surface area contributed by atoms with E-state index in [-0.39, 0.29) is 5.97 Å². The van der Waals surface area contributed by atoms with Gasteiger partial charge < -0.3 is 9.72 Å². The number of aryl methyl sites for hydroxylation is 1. The summed E-state index contributed by atoms with van der Waals surface area (Å²) in [7, 11) is 1.41. The maximum Gasteiger partial charge on any atom is 0.340 e. The number of carbonyl (C=O) groups excluding carboxylic acids is 1. The standard InChI is InChI=1S/C16H19NO2/c1-3-4-10-13-11-14(16(18)19-2)15(17-13)12-8-6-5-7-9-12/h5-9,11,17H,3-4,10H2,1-2H3. The monoisotopic (exact) mass is 257 g/mol. The van der Waals surface area contributed by atoms with Gasteiger partial charge in [-0.25, -0.2) is 4.79 Å². The molecule has 1 aromatic carbocycles. The fourth-order valence-corrected chi connectivity index (χ4v) is 2.12. The van der Waals surface area contributed by atoms with Gasteiger partial charge in [0.05, 0.1) is 18.4 Å². The molecule has 0 aliphatic rings. The first-order valence-corrected chi connectivity index (χ1v) is 6.62. The molecule has 0 radical (unpaired) electrons. The number of esters is 1. The average Bonchev–Trinajstić information content (AvgIpc) is 2.89. The summed E-state index contributed by atoms with van der Waals surface area (Å²) < 4.78 is 4.86. The highest BCUT2D eigenvalue weighted by Crippen LogP contribution is 2.25. The SMILES string of the molecule is CCCCc1cc(C(=O)OC)c(-c2ccccc2)[nH]1. The molecule has 2 rings (SSSR count). The van der Waals surface area contributed by atoms with Gasteiger partial charge in [-0.05, 0) is 24.5 Å². The number of carbonyl (C=O) groups is 1. The van der Waals surface area contributed by atoms with Crippen LogP contribution < -0.4 is 0 Å². The third kappa shape index (κ3) is 3.05. The minimum Gasteiger partial charge on any atom is -0.465 e. The number of benzene rings is 1. The van der Waals surface area contributed by atoms with Gasteiger partial charge >= 0.3 is 5.97 Å². The minimum absolute atomic E-state index is 0.294. The first-order valence-electron chi connectivity index (χ1n) is 6.62. The van der Waals surface area contributed by atoms with Crippen molar-refractivity contribution in [2.45, 2.75) is 26.2 Å². The second kappa shape index (κ2) is 6.23. The number of aromatic amines is 1. The van der Waals surface area contributed by atoms with Crippen molar-refractivity contribution in [1.29, 1.82) is 0 Å². The smallest absolute Gasteiger partial charge is 0.340 e. The van der Waals surface area contributed by atoms with Crippen molar-refractivity contribution in [2.75, 3.05) is 7.11 Å². The van der Waals surface area contributed by atoms with E-state index in [0.717, 1.165) is 36.2 Å². The number of H-pyrrole nitrogens is 1. The van der Waals surface area contributed by atoms with E-state index >= 15 is 0 Å². The Labute approximate surface area is 113 Å². The molecule has 0 unspecified atom stereocenters. The zero-order chi connectivity index (χ0) is 13.7. The van der Waals surface area contributed by atoms with Crippen molar-refractivity contribution in [1.82, 2.24) is 4.98 Å². The average molecular weight is 257 g/mol. The third-order valence-electron chi connectivity index (χ3n) is 3.14. The molecule has 0 saturated heterocycles. The van der Waals surface area contributed by atoms with Crippen LogP contribution in [0, 0.1) is 0 Å². The summed E-state index contributed by atoms with van der Waals surface area (Å²) in [6, 6.07) is 11.8. The number of methoxy groups -OCH3 is 1. The molecule has 1 aromatic heterocycles. The molecular formula is C16H19NO2. The molecule has 0 fully saturated rings. The number of hydrogen-bond donors (Lipinski definition) is 1. The zero-order valence-corrected chi connectivity index (χ0v) is 11.4. The topological polar surface area (TPSA) is 42.1 Å². The van der Waals surface area contributed by atoms with Gasteiger partial charge in [-0.15, -0.1) is 0 Å². The van der Waals surface area contributed by atoms with Crippen molar-refractivity contribution in [3.63, 3.8) is 0 Å². The molecule has 0 amide bonds. The molecule has 1 heterocycles. The van der Waals surface area contributed by atoms with Crippen LogP contribution in [0.5, 0.6) is 0 Å². The molecule has 19 heavy (non-hydrogen) atoms. The van der Waals surface area contributed by atoms with Crippen LogP contribution in [0.15, 0.2) is 36.4 Å². The Kier molecular flexibility index (Phi) is 4.39. The van der Waals surface area contributed by atoms with E-state index in [2.05, 4.69) is 11.9 Å². The Morgan fingerprint density at radius 2 is 2.00 bits per heavy atom. The molecule has 100 valence electrons. The first kappa shape index (κ1) is 13.4.